The van der Waals surface area contributed by atoms with Gasteiger partial charge in [-0.25, -0.2) is 4.79 Å². The summed E-state index contributed by atoms with van der Waals surface area (Å²) in [6.45, 7) is 7.08. The number of aromatic nitrogens is 1. The Hall–Kier alpha value is -2.24. The summed E-state index contributed by atoms with van der Waals surface area (Å²) >= 11 is 0. The number of carbonyl (C=O) groups is 1. The van der Waals surface area contributed by atoms with E-state index < -0.39 is 0 Å². The van der Waals surface area contributed by atoms with E-state index >= 15 is 0 Å². The fourth-order valence-corrected chi connectivity index (χ4v) is 2.37. The molecule has 0 spiro atoms. The second-order valence-electron chi connectivity index (χ2n) is 6.78. The van der Waals surface area contributed by atoms with Crippen LogP contribution < -0.4 is 5.32 Å². The summed E-state index contributed by atoms with van der Waals surface area (Å²) in [6.07, 6.45) is 1.51. The monoisotopic (exact) mass is 342 g/mol. The van der Waals surface area contributed by atoms with Crippen LogP contribution >= 0.6 is 0 Å². The lowest BCUT2D eigenvalue weighted by molar-refractivity contribution is 0.0493. The van der Waals surface area contributed by atoms with Crippen LogP contribution in [0.1, 0.15) is 35.5 Å². The van der Waals surface area contributed by atoms with E-state index in [1.165, 1.54) is 18.9 Å². The van der Waals surface area contributed by atoms with Gasteiger partial charge in [0.1, 0.15) is 0 Å². The van der Waals surface area contributed by atoms with Crippen molar-refractivity contribution in [1.29, 1.82) is 0 Å². The highest BCUT2D eigenvalue weighted by Crippen LogP contribution is 2.15. The lowest BCUT2D eigenvalue weighted by Crippen LogP contribution is -2.33. The molecule has 0 atom stereocenters. The van der Waals surface area contributed by atoms with Crippen molar-refractivity contribution in [3.8, 4) is 0 Å². The highest BCUT2D eigenvalue weighted by Gasteiger charge is 2.18. The molecule has 5 nitrogen and oxygen atoms in total. The molecule has 2 rings (SSSR count). The molecule has 1 N–H and O–H groups in total. The van der Waals surface area contributed by atoms with Crippen LogP contribution in [0.2, 0.25) is 0 Å². The summed E-state index contributed by atoms with van der Waals surface area (Å²) in [5, 5.41) is 3.47. The second kappa shape index (κ2) is 9.30. The predicted molar refractivity (Wildman–Crippen MR) is 97.2 cm³/mol. The normalized spacial score (nSPS) is 11.3. The quantitative estimate of drug-likeness (QED) is 0.709. The van der Waals surface area contributed by atoms with Crippen molar-refractivity contribution in [1.82, 2.24) is 10.3 Å². The van der Waals surface area contributed by atoms with Crippen LogP contribution in [0.4, 0.5) is 0 Å². The fraction of sp³-hybridized carbons (Fsp3) is 0.400. The molecule has 25 heavy (non-hydrogen) atoms. The van der Waals surface area contributed by atoms with Crippen LogP contribution in [0.25, 0.3) is 0 Å². The van der Waals surface area contributed by atoms with Gasteiger partial charge in [-0.15, -0.1) is 0 Å². The van der Waals surface area contributed by atoms with Gasteiger partial charge < -0.3 is 14.8 Å². The largest absolute Gasteiger partial charge is 0.465 e. The summed E-state index contributed by atoms with van der Waals surface area (Å²) in [4.78, 5) is 15.6. The van der Waals surface area contributed by atoms with Gasteiger partial charge in [0.15, 0.2) is 0 Å². The van der Waals surface area contributed by atoms with Gasteiger partial charge in [-0.2, -0.15) is 0 Å². The number of hydrogen-bond acceptors (Lipinski definition) is 5. The summed E-state index contributed by atoms with van der Waals surface area (Å²) in [6, 6.07) is 13.8. The fourth-order valence-electron chi connectivity index (χ4n) is 2.37. The van der Waals surface area contributed by atoms with E-state index in [2.05, 4.69) is 41.0 Å². The van der Waals surface area contributed by atoms with Crippen LogP contribution in [0.3, 0.4) is 0 Å². The maximum Gasteiger partial charge on any atom is 0.339 e. The van der Waals surface area contributed by atoms with Crippen LogP contribution in [-0.4, -0.2) is 31.2 Å². The Bertz CT molecular complexity index is 654. The van der Waals surface area contributed by atoms with Crippen molar-refractivity contribution in [2.45, 2.75) is 27.0 Å². The first kappa shape index (κ1) is 19.1. The predicted octanol–water partition coefficient (Wildman–Crippen LogP) is 3.20. The van der Waals surface area contributed by atoms with E-state index in [0.29, 0.717) is 18.8 Å². The molecule has 134 valence electrons. The molecule has 0 unspecified atom stereocenters. The summed E-state index contributed by atoms with van der Waals surface area (Å²) < 4.78 is 10.4. The summed E-state index contributed by atoms with van der Waals surface area (Å²) in [7, 11) is 1.35. The third-order valence-corrected chi connectivity index (χ3v) is 3.76. The number of hydrogen-bond donors (Lipinski definition) is 1. The average molecular weight is 342 g/mol. The zero-order valence-electron chi connectivity index (χ0n) is 15.1. The zero-order chi connectivity index (χ0) is 18.1. The Morgan fingerprint density at radius 3 is 2.56 bits per heavy atom. The molecular weight excluding hydrogens is 316 g/mol. The van der Waals surface area contributed by atoms with Crippen LogP contribution in [0, 0.1) is 5.41 Å². The number of esters is 1. The SMILES string of the molecule is COC(=O)c1ccc(COCC(C)(C)CNCc2ccccc2)nc1. The Labute approximate surface area is 149 Å². The summed E-state index contributed by atoms with van der Waals surface area (Å²) in [5.74, 6) is -0.384. The molecular formula is C20H26N2O3. The summed E-state index contributed by atoms with van der Waals surface area (Å²) in [5.41, 5.74) is 2.52. The van der Waals surface area contributed by atoms with Crippen molar-refractivity contribution in [2.75, 3.05) is 20.3 Å². The van der Waals surface area contributed by atoms with Gasteiger partial charge in [0.25, 0.3) is 0 Å². The Kier molecular flexibility index (Phi) is 7.10. The van der Waals surface area contributed by atoms with Crippen molar-refractivity contribution in [3.05, 3.63) is 65.5 Å². The second-order valence-corrected chi connectivity index (χ2v) is 6.78. The molecule has 0 radical (unpaired) electrons. The average Bonchev–Trinajstić information content (AvgIpc) is 2.62. The van der Waals surface area contributed by atoms with Crippen LogP contribution in [0.5, 0.6) is 0 Å². The molecule has 0 bridgehead atoms. The van der Waals surface area contributed by atoms with E-state index in [1.54, 1.807) is 12.1 Å². The highest BCUT2D eigenvalue weighted by molar-refractivity contribution is 5.88. The molecule has 0 aliphatic carbocycles. The molecule has 1 aromatic carbocycles. The first-order valence-corrected chi connectivity index (χ1v) is 8.36. The lowest BCUT2D eigenvalue weighted by Gasteiger charge is -2.25. The number of methoxy groups -OCH3 is 1. The minimum atomic E-state index is -0.384. The minimum Gasteiger partial charge on any atom is -0.465 e. The van der Waals surface area contributed by atoms with Crippen molar-refractivity contribution in [2.24, 2.45) is 5.41 Å². The van der Waals surface area contributed by atoms with Crippen LogP contribution in [0.15, 0.2) is 48.7 Å². The number of nitrogens with one attached hydrogen (secondary N) is 1. The third kappa shape index (κ3) is 6.64. The van der Waals surface area contributed by atoms with Crippen molar-refractivity contribution < 1.29 is 14.3 Å². The highest BCUT2D eigenvalue weighted by atomic mass is 16.5. The van der Waals surface area contributed by atoms with E-state index in [1.807, 2.05) is 18.2 Å². The molecule has 1 aromatic heterocycles. The number of benzene rings is 1. The molecule has 0 amide bonds. The smallest absolute Gasteiger partial charge is 0.339 e. The number of pyridine rings is 1. The molecule has 1 heterocycles. The molecule has 0 saturated heterocycles. The molecule has 0 fully saturated rings. The maximum absolute atomic E-state index is 11.4. The zero-order valence-corrected chi connectivity index (χ0v) is 15.1. The number of nitrogens with zero attached hydrogens (tertiary/aromatic N) is 1. The number of rotatable bonds is 9. The van der Waals surface area contributed by atoms with Crippen molar-refractivity contribution in [3.63, 3.8) is 0 Å². The molecule has 0 saturated carbocycles. The molecule has 0 aliphatic heterocycles. The van der Waals surface area contributed by atoms with Gasteiger partial charge in [-0.05, 0) is 17.7 Å². The van der Waals surface area contributed by atoms with Gasteiger partial charge in [0.2, 0.25) is 0 Å². The van der Waals surface area contributed by atoms with Gasteiger partial charge in [0, 0.05) is 24.7 Å². The molecule has 0 aliphatic rings. The molecule has 2 aromatic rings. The standard InChI is InChI=1S/C20H26N2O3/c1-20(2,14-21-11-16-7-5-4-6-8-16)15-25-13-18-10-9-17(12-22-18)19(23)24-3/h4-10,12,21H,11,13-15H2,1-3H3. The van der Waals surface area contributed by atoms with Gasteiger partial charge >= 0.3 is 5.97 Å². The Morgan fingerprint density at radius 2 is 1.92 bits per heavy atom. The van der Waals surface area contributed by atoms with E-state index in [9.17, 15) is 4.79 Å². The van der Waals surface area contributed by atoms with Gasteiger partial charge in [-0.1, -0.05) is 44.2 Å². The first-order valence-electron chi connectivity index (χ1n) is 8.36. The number of carbonyl (C=O) groups excluding carboxylic acids is 1. The van der Waals surface area contributed by atoms with Crippen LogP contribution in [-0.2, 0) is 22.6 Å². The van der Waals surface area contributed by atoms with E-state index in [-0.39, 0.29) is 11.4 Å². The van der Waals surface area contributed by atoms with Gasteiger partial charge in [-0.3, -0.25) is 4.98 Å². The van der Waals surface area contributed by atoms with E-state index in [0.717, 1.165) is 18.8 Å². The maximum atomic E-state index is 11.4. The molecule has 5 heteroatoms. The Balaban J connectivity index is 1.71. The van der Waals surface area contributed by atoms with Crippen molar-refractivity contribution >= 4 is 5.97 Å². The number of ether oxygens (including phenoxy) is 2. The Morgan fingerprint density at radius 1 is 1.16 bits per heavy atom. The van der Waals surface area contributed by atoms with E-state index in [4.69, 9.17) is 4.74 Å². The first-order chi connectivity index (χ1) is 12.0. The minimum absolute atomic E-state index is 0.0146. The topological polar surface area (TPSA) is 60.5 Å². The lowest BCUT2D eigenvalue weighted by atomic mass is 9.95. The van der Waals surface area contributed by atoms with Gasteiger partial charge in [0.05, 0.1) is 31.6 Å². The third-order valence-electron chi connectivity index (χ3n) is 3.76.